The van der Waals surface area contributed by atoms with Crippen molar-refractivity contribution < 1.29 is 9.59 Å². The predicted octanol–water partition coefficient (Wildman–Crippen LogP) is 3.35. The zero-order valence-corrected chi connectivity index (χ0v) is 19.9. The Balaban J connectivity index is 1.72. The largest absolute Gasteiger partial charge is 0.367 e. The first-order chi connectivity index (χ1) is 15.8. The monoisotopic (exact) mass is 449 g/mol. The van der Waals surface area contributed by atoms with E-state index in [-0.39, 0.29) is 5.92 Å². The van der Waals surface area contributed by atoms with Crippen molar-refractivity contribution in [2.45, 2.75) is 26.7 Å². The Morgan fingerprint density at radius 1 is 1.18 bits per heavy atom. The van der Waals surface area contributed by atoms with Crippen LogP contribution in [-0.2, 0) is 11.8 Å². The topological polar surface area (TPSA) is 86.6 Å². The first-order valence-electron chi connectivity index (χ1n) is 11.2. The van der Waals surface area contributed by atoms with E-state index in [1.54, 1.807) is 16.9 Å². The first-order valence-corrected chi connectivity index (χ1v) is 11.2. The van der Waals surface area contributed by atoms with Gasteiger partial charge in [-0.2, -0.15) is 5.10 Å². The van der Waals surface area contributed by atoms with Gasteiger partial charge < -0.3 is 15.1 Å². The normalized spacial score (nSPS) is 14.7. The summed E-state index contributed by atoms with van der Waals surface area (Å²) >= 11 is 0. The number of amides is 3. The molecule has 1 aliphatic heterocycles. The third kappa shape index (κ3) is 4.41. The van der Waals surface area contributed by atoms with Crippen LogP contribution in [0, 0.1) is 6.92 Å². The number of hydrogen-bond donors (Lipinski definition) is 1. The number of urea groups is 1. The van der Waals surface area contributed by atoms with Crippen molar-refractivity contribution in [2.24, 2.45) is 7.05 Å². The Morgan fingerprint density at radius 3 is 2.58 bits per heavy atom. The number of fused-ring (bicyclic) bond motifs is 1. The summed E-state index contributed by atoms with van der Waals surface area (Å²) in [6, 6.07) is 6.95. The molecule has 3 aromatic rings. The van der Waals surface area contributed by atoms with E-state index in [2.05, 4.69) is 46.1 Å². The number of aromatic nitrogens is 3. The van der Waals surface area contributed by atoms with E-state index in [4.69, 9.17) is 0 Å². The molecule has 2 aromatic heterocycles. The van der Waals surface area contributed by atoms with Crippen LogP contribution < -0.4 is 15.1 Å². The second-order valence-corrected chi connectivity index (χ2v) is 8.87. The van der Waals surface area contributed by atoms with Gasteiger partial charge in [0.25, 0.3) is 0 Å². The van der Waals surface area contributed by atoms with Crippen molar-refractivity contribution in [2.75, 3.05) is 48.3 Å². The van der Waals surface area contributed by atoms with Gasteiger partial charge in [0.2, 0.25) is 6.41 Å². The molecule has 33 heavy (non-hydrogen) atoms. The molecule has 1 aliphatic rings. The number of likely N-dealkylation sites (N-methyl/N-ethyl adjacent to an activating group) is 1. The highest BCUT2D eigenvalue weighted by Crippen LogP contribution is 2.36. The highest BCUT2D eigenvalue weighted by molar-refractivity contribution is 6.14. The maximum atomic E-state index is 13.2. The Hall–Kier alpha value is -3.46. The number of benzene rings is 1. The van der Waals surface area contributed by atoms with E-state index < -0.39 is 6.03 Å². The summed E-state index contributed by atoms with van der Waals surface area (Å²) in [5.74, 6) is 0.283. The Labute approximate surface area is 194 Å². The van der Waals surface area contributed by atoms with Gasteiger partial charge in [-0.3, -0.25) is 9.48 Å². The number of imide groups is 1. The van der Waals surface area contributed by atoms with Crippen molar-refractivity contribution in [3.05, 3.63) is 41.7 Å². The first kappa shape index (κ1) is 22.7. The summed E-state index contributed by atoms with van der Waals surface area (Å²) < 4.78 is 1.75. The molecule has 9 heteroatoms. The smallest absolute Gasteiger partial charge is 0.333 e. The van der Waals surface area contributed by atoms with Gasteiger partial charge in [-0.1, -0.05) is 26.0 Å². The average molecular weight is 450 g/mol. The van der Waals surface area contributed by atoms with E-state index in [0.29, 0.717) is 17.8 Å². The van der Waals surface area contributed by atoms with Crippen LogP contribution in [0.2, 0.25) is 0 Å². The minimum atomic E-state index is -0.524. The van der Waals surface area contributed by atoms with Gasteiger partial charge in [0, 0.05) is 33.2 Å². The lowest BCUT2D eigenvalue weighted by atomic mass is 10.0. The minimum absolute atomic E-state index is 0.283. The summed E-state index contributed by atoms with van der Waals surface area (Å²) in [6.07, 6.45) is 2.20. The fourth-order valence-corrected chi connectivity index (χ4v) is 4.28. The van der Waals surface area contributed by atoms with Crippen molar-refractivity contribution >= 4 is 40.5 Å². The van der Waals surface area contributed by atoms with Gasteiger partial charge in [-0.25, -0.2) is 14.7 Å². The lowest BCUT2D eigenvalue weighted by molar-refractivity contribution is -0.106. The quantitative estimate of drug-likeness (QED) is 0.601. The number of carbonyl (C=O) groups excluding carboxylic acids is 2. The molecule has 4 rings (SSSR count). The molecule has 3 heterocycles. The lowest BCUT2D eigenvalue weighted by Crippen LogP contribution is -2.45. The fraction of sp³-hybridized carbons (Fsp3) is 0.417. The Bertz CT molecular complexity index is 1180. The maximum Gasteiger partial charge on any atom is 0.333 e. The van der Waals surface area contributed by atoms with Crippen LogP contribution in [0.15, 0.2) is 30.5 Å². The molecule has 0 saturated carbocycles. The number of piperazine rings is 1. The van der Waals surface area contributed by atoms with E-state index in [9.17, 15) is 9.59 Å². The molecular weight excluding hydrogens is 418 g/mol. The number of anilines is 3. The SMILES string of the molecule is Cc1nn(C)c2ncc(NC(=O)N(C=O)c3cccc(C(C)C)c3)c(N3CCN(C)CC3)c12. The van der Waals surface area contributed by atoms with E-state index in [0.717, 1.165) is 59.1 Å². The molecular formula is C24H31N7O2. The molecule has 0 aliphatic carbocycles. The predicted molar refractivity (Wildman–Crippen MR) is 131 cm³/mol. The summed E-state index contributed by atoms with van der Waals surface area (Å²) in [7, 11) is 3.97. The zero-order chi connectivity index (χ0) is 23.7. The second-order valence-electron chi connectivity index (χ2n) is 8.87. The molecule has 0 spiro atoms. The number of carbonyl (C=O) groups is 2. The summed E-state index contributed by atoms with van der Waals surface area (Å²) in [6.45, 7) is 9.57. The highest BCUT2D eigenvalue weighted by atomic mass is 16.2. The molecule has 0 bridgehead atoms. The van der Waals surface area contributed by atoms with Crippen LogP contribution in [0.5, 0.6) is 0 Å². The number of aryl methyl sites for hydroxylation is 2. The van der Waals surface area contributed by atoms with Crippen molar-refractivity contribution in [3.63, 3.8) is 0 Å². The molecule has 174 valence electrons. The van der Waals surface area contributed by atoms with Gasteiger partial charge in [0.15, 0.2) is 5.65 Å². The maximum absolute atomic E-state index is 13.2. The Kier molecular flexibility index (Phi) is 6.33. The summed E-state index contributed by atoms with van der Waals surface area (Å²) in [5, 5.41) is 8.41. The van der Waals surface area contributed by atoms with Crippen molar-refractivity contribution in [1.82, 2.24) is 19.7 Å². The molecule has 1 N–H and O–H groups in total. The number of pyridine rings is 1. The van der Waals surface area contributed by atoms with Crippen LogP contribution in [0.1, 0.15) is 31.0 Å². The highest BCUT2D eigenvalue weighted by Gasteiger charge is 2.25. The van der Waals surface area contributed by atoms with Crippen LogP contribution in [0.3, 0.4) is 0 Å². The minimum Gasteiger partial charge on any atom is -0.367 e. The number of rotatable bonds is 5. The van der Waals surface area contributed by atoms with Gasteiger partial charge in [0.1, 0.15) is 0 Å². The summed E-state index contributed by atoms with van der Waals surface area (Å²) in [4.78, 5) is 35.4. The standard InChI is InChI=1S/C24H31N7O2/c1-16(2)18-7-6-8-19(13-18)31(15-32)24(33)26-20-14-25-23-21(17(3)27-29(23)5)22(20)30-11-9-28(4)10-12-30/h6-8,13-16H,9-12H2,1-5H3,(H,26,33). The molecule has 0 unspecified atom stereocenters. The van der Waals surface area contributed by atoms with E-state index in [1.807, 2.05) is 32.2 Å². The fourth-order valence-electron chi connectivity index (χ4n) is 4.28. The van der Waals surface area contributed by atoms with Gasteiger partial charge in [-0.05, 0) is 37.6 Å². The molecule has 3 amide bonds. The number of nitrogens with one attached hydrogen (secondary N) is 1. The molecule has 0 radical (unpaired) electrons. The Morgan fingerprint density at radius 2 is 1.91 bits per heavy atom. The molecule has 0 atom stereocenters. The lowest BCUT2D eigenvalue weighted by Gasteiger charge is -2.35. The van der Waals surface area contributed by atoms with Crippen LogP contribution in [0.25, 0.3) is 11.0 Å². The van der Waals surface area contributed by atoms with Crippen LogP contribution in [0.4, 0.5) is 21.9 Å². The van der Waals surface area contributed by atoms with Gasteiger partial charge in [-0.15, -0.1) is 0 Å². The van der Waals surface area contributed by atoms with Crippen LogP contribution >= 0.6 is 0 Å². The van der Waals surface area contributed by atoms with Crippen LogP contribution in [-0.4, -0.2) is 65.3 Å². The number of nitrogens with zero attached hydrogens (tertiary/aromatic N) is 6. The van der Waals surface area contributed by atoms with E-state index in [1.165, 1.54) is 0 Å². The van der Waals surface area contributed by atoms with E-state index >= 15 is 0 Å². The van der Waals surface area contributed by atoms with Crippen molar-refractivity contribution in [3.8, 4) is 0 Å². The molecule has 1 aromatic carbocycles. The second kappa shape index (κ2) is 9.19. The third-order valence-corrected chi connectivity index (χ3v) is 6.20. The van der Waals surface area contributed by atoms with Gasteiger partial charge in [0.05, 0.1) is 34.3 Å². The summed E-state index contributed by atoms with van der Waals surface area (Å²) in [5.41, 5.74) is 4.66. The molecule has 1 saturated heterocycles. The third-order valence-electron chi connectivity index (χ3n) is 6.20. The number of hydrogen-bond acceptors (Lipinski definition) is 6. The average Bonchev–Trinajstić information content (AvgIpc) is 3.08. The van der Waals surface area contributed by atoms with Crippen molar-refractivity contribution in [1.29, 1.82) is 0 Å². The molecule has 9 nitrogen and oxygen atoms in total. The van der Waals surface area contributed by atoms with Gasteiger partial charge >= 0.3 is 6.03 Å². The zero-order valence-electron chi connectivity index (χ0n) is 19.9. The molecule has 1 fully saturated rings.